The van der Waals surface area contributed by atoms with E-state index in [9.17, 15) is 4.79 Å². The number of fused-ring (bicyclic) bond motifs is 1. The van der Waals surface area contributed by atoms with E-state index >= 15 is 0 Å². The standard InChI is InChI=1S/C22H24N2O2/c1-16(2)26-21-11-7-17(8-12-21)14-24-22(25)15-23-20-10-9-18-5-3-4-6-19(18)13-20/h3-13,16,23H,14-15H2,1-2H3,(H,24,25). The number of hydrogen-bond acceptors (Lipinski definition) is 3. The highest BCUT2D eigenvalue weighted by molar-refractivity contribution is 5.87. The average molecular weight is 348 g/mol. The first-order valence-corrected chi connectivity index (χ1v) is 8.85. The lowest BCUT2D eigenvalue weighted by Gasteiger charge is -2.11. The van der Waals surface area contributed by atoms with Gasteiger partial charge in [0, 0.05) is 12.2 Å². The predicted molar refractivity (Wildman–Crippen MR) is 106 cm³/mol. The van der Waals surface area contributed by atoms with Crippen LogP contribution in [-0.4, -0.2) is 18.6 Å². The van der Waals surface area contributed by atoms with Crippen molar-refractivity contribution in [2.24, 2.45) is 0 Å². The van der Waals surface area contributed by atoms with Gasteiger partial charge >= 0.3 is 0 Å². The largest absolute Gasteiger partial charge is 0.491 e. The third-order valence-corrected chi connectivity index (χ3v) is 3.99. The first kappa shape index (κ1) is 17.8. The molecule has 0 spiro atoms. The lowest BCUT2D eigenvalue weighted by Crippen LogP contribution is -2.29. The van der Waals surface area contributed by atoms with Gasteiger partial charge in [0.15, 0.2) is 0 Å². The molecule has 134 valence electrons. The van der Waals surface area contributed by atoms with Crippen molar-refractivity contribution in [3.05, 3.63) is 72.3 Å². The summed E-state index contributed by atoms with van der Waals surface area (Å²) >= 11 is 0. The van der Waals surface area contributed by atoms with Crippen molar-refractivity contribution in [2.75, 3.05) is 11.9 Å². The van der Waals surface area contributed by atoms with Gasteiger partial charge in [-0.15, -0.1) is 0 Å². The molecule has 0 aliphatic heterocycles. The van der Waals surface area contributed by atoms with E-state index in [4.69, 9.17) is 4.74 Å². The molecule has 0 fully saturated rings. The molecule has 1 amide bonds. The number of carbonyl (C=O) groups excluding carboxylic acids is 1. The maximum Gasteiger partial charge on any atom is 0.239 e. The highest BCUT2D eigenvalue weighted by Gasteiger charge is 2.03. The number of amides is 1. The Kier molecular flexibility index (Phi) is 5.74. The number of benzene rings is 3. The van der Waals surface area contributed by atoms with Crippen molar-refractivity contribution in [2.45, 2.75) is 26.5 Å². The number of ether oxygens (including phenoxy) is 1. The van der Waals surface area contributed by atoms with E-state index in [1.165, 1.54) is 5.39 Å². The molecule has 0 unspecified atom stereocenters. The van der Waals surface area contributed by atoms with Gasteiger partial charge in [-0.2, -0.15) is 0 Å². The van der Waals surface area contributed by atoms with Crippen LogP contribution in [0, 0.1) is 0 Å². The first-order chi connectivity index (χ1) is 12.6. The molecule has 0 aliphatic rings. The molecule has 3 aromatic carbocycles. The molecule has 0 saturated heterocycles. The van der Waals surface area contributed by atoms with Crippen molar-refractivity contribution in [3.8, 4) is 5.75 Å². The van der Waals surface area contributed by atoms with Crippen LogP contribution < -0.4 is 15.4 Å². The minimum Gasteiger partial charge on any atom is -0.491 e. The number of hydrogen-bond donors (Lipinski definition) is 2. The molecule has 0 atom stereocenters. The highest BCUT2D eigenvalue weighted by atomic mass is 16.5. The summed E-state index contributed by atoms with van der Waals surface area (Å²) in [6.07, 6.45) is 0.154. The minimum atomic E-state index is -0.0411. The summed E-state index contributed by atoms with van der Waals surface area (Å²) in [4.78, 5) is 12.1. The van der Waals surface area contributed by atoms with Crippen molar-refractivity contribution >= 4 is 22.4 Å². The van der Waals surface area contributed by atoms with E-state index in [-0.39, 0.29) is 18.6 Å². The summed E-state index contributed by atoms with van der Waals surface area (Å²) in [7, 11) is 0. The van der Waals surface area contributed by atoms with Gasteiger partial charge < -0.3 is 15.4 Å². The van der Waals surface area contributed by atoms with Crippen molar-refractivity contribution in [1.29, 1.82) is 0 Å². The van der Waals surface area contributed by atoms with E-state index in [0.29, 0.717) is 6.54 Å². The molecular weight excluding hydrogens is 324 g/mol. The fourth-order valence-electron chi connectivity index (χ4n) is 2.70. The van der Waals surface area contributed by atoms with E-state index < -0.39 is 0 Å². The molecule has 3 aromatic rings. The topological polar surface area (TPSA) is 50.4 Å². The van der Waals surface area contributed by atoms with Gasteiger partial charge in [-0.1, -0.05) is 42.5 Å². The maximum absolute atomic E-state index is 12.1. The molecule has 2 N–H and O–H groups in total. The normalized spacial score (nSPS) is 10.7. The SMILES string of the molecule is CC(C)Oc1ccc(CNC(=O)CNc2ccc3ccccc3c2)cc1. The molecule has 4 heteroatoms. The third kappa shape index (κ3) is 4.99. The smallest absolute Gasteiger partial charge is 0.239 e. The number of rotatable bonds is 7. The molecule has 0 bridgehead atoms. The Balaban J connectivity index is 1.47. The van der Waals surface area contributed by atoms with Gasteiger partial charge in [0.1, 0.15) is 5.75 Å². The van der Waals surface area contributed by atoms with Crippen LogP contribution in [0.1, 0.15) is 19.4 Å². The number of carbonyl (C=O) groups is 1. The van der Waals surface area contributed by atoms with Crippen LogP contribution in [0.4, 0.5) is 5.69 Å². The molecule has 3 rings (SSSR count). The number of nitrogens with one attached hydrogen (secondary N) is 2. The molecule has 26 heavy (non-hydrogen) atoms. The first-order valence-electron chi connectivity index (χ1n) is 8.85. The van der Waals surface area contributed by atoms with Gasteiger partial charge in [0.2, 0.25) is 5.91 Å². The second-order valence-electron chi connectivity index (χ2n) is 6.50. The van der Waals surface area contributed by atoms with Crippen molar-refractivity contribution in [3.63, 3.8) is 0 Å². The molecule has 0 saturated carbocycles. The molecule has 0 aliphatic carbocycles. The molecule has 0 aromatic heterocycles. The van der Waals surface area contributed by atoms with E-state index in [1.54, 1.807) is 0 Å². The highest BCUT2D eigenvalue weighted by Crippen LogP contribution is 2.18. The Hall–Kier alpha value is -3.01. The van der Waals surface area contributed by atoms with E-state index in [2.05, 4.69) is 34.9 Å². The van der Waals surface area contributed by atoms with Gasteiger partial charge in [0.05, 0.1) is 12.6 Å². The Bertz CT molecular complexity index is 873. The zero-order valence-corrected chi connectivity index (χ0v) is 15.2. The summed E-state index contributed by atoms with van der Waals surface area (Å²) < 4.78 is 5.62. The summed E-state index contributed by atoms with van der Waals surface area (Å²) in [5.41, 5.74) is 1.98. The molecule has 0 radical (unpaired) electrons. The lowest BCUT2D eigenvalue weighted by molar-refractivity contribution is -0.119. The predicted octanol–water partition coefficient (Wildman–Crippen LogP) is 4.36. The fraction of sp³-hybridized carbons (Fsp3) is 0.227. The molecule has 0 heterocycles. The quantitative estimate of drug-likeness (QED) is 0.667. The van der Waals surface area contributed by atoms with Gasteiger partial charge in [0.25, 0.3) is 0 Å². The van der Waals surface area contributed by atoms with E-state index in [0.717, 1.165) is 22.4 Å². The second kappa shape index (κ2) is 8.39. The summed E-state index contributed by atoms with van der Waals surface area (Å²) in [5, 5.41) is 8.44. The minimum absolute atomic E-state index is 0.0411. The van der Waals surface area contributed by atoms with Crippen LogP contribution in [0.25, 0.3) is 10.8 Å². The number of anilines is 1. The molecular formula is C22H24N2O2. The van der Waals surface area contributed by atoms with Gasteiger partial charge in [-0.05, 0) is 54.4 Å². The molecule has 4 nitrogen and oxygen atoms in total. The van der Waals surface area contributed by atoms with Crippen molar-refractivity contribution in [1.82, 2.24) is 5.32 Å². The van der Waals surface area contributed by atoms with Crippen LogP contribution in [0.2, 0.25) is 0 Å². The maximum atomic E-state index is 12.1. The Morgan fingerprint density at radius 3 is 2.42 bits per heavy atom. The van der Waals surface area contributed by atoms with E-state index in [1.807, 2.05) is 56.3 Å². The van der Waals surface area contributed by atoms with Gasteiger partial charge in [-0.3, -0.25) is 4.79 Å². The van der Waals surface area contributed by atoms with Crippen molar-refractivity contribution < 1.29 is 9.53 Å². The summed E-state index contributed by atoms with van der Waals surface area (Å²) in [6, 6.07) is 22.0. The Morgan fingerprint density at radius 2 is 1.69 bits per heavy atom. The van der Waals surface area contributed by atoms with Gasteiger partial charge in [-0.25, -0.2) is 0 Å². The second-order valence-corrected chi connectivity index (χ2v) is 6.50. The average Bonchev–Trinajstić information content (AvgIpc) is 2.65. The van der Waals surface area contributed by atoms with Crippen LogP contribution in [0.15, 0.2) is 66.7 Å². The lowest BCUT2D eigenvalue weighted by atomic mass is 10.1. The van der Waals surface area contributed by atoms with Crippen LogP contribution in [-0.2, 0) is 11.3 Å². The van der Waals surface area contributed by atoms with Crippen LogP contribution in [0.3, 0.4) is 0 Å². The van der Waals surface area contributed by atoms with Crippen LogP contribution >= 0.6 is 0 Å². The Morgan fingerprint density at radius 1 is 0.962 bits per heavy atom. The van der Waals surface area contributed by atoms with Crippen LogP contribution in [0.5, 0.6) is 5.75 Å². The fourth-order valence-corrected chi connectivity index (χ4v) is 2.70. The third-order valence-electron chi connectivity index (χ3n) is 3.99. The Labute approximate surface area is 154 Å². The zero-order valence-electron chi connectivity index (χ0n) is 15.2. The zero-order chi connectivity index (χ0) is 18.4. The summed E-state index contributed by atoms with van der Waals surface area (Å²) in [6.45, 7) is 4.74. The monoisotopic (exact) mass is 348 g/mol. The summed E-state index contributed by atoms with van der Waals surface area (Å²) in [5.74, 6) is 0.800.